The van der Waals surface area contributed by atoms with Gasteiger partial charge in [0.1, 0.15) is 5.01 Å². The molecule has 3 N–H and O–H groups in total. The third-order valence-electron chi connectivity index (χ3n) is 4.19. The summed E-state index contributed by atoms with van der Waals surface area (Å²) >= 11 is 1.15. The second-order valence-corrected chi connectivity index (χ2v) is 11.2. The molecule has 0 bridgehead atoms. The first-order valence-electron chi connectivity index (χ1n) is 9.40. The fourth-order valence-electron chi connectivity index (χ4n) is 2.50. The van der Waals surface area contributed by atoms with Crippen molar-refractivity contribution >= 4 is 48.1 Å². The highest BCUT2D eigenvalue weighted by Crippen LogP contribution is 2.21. The van der Waals surface area contributed by atoms with E-state index in [1.807, 2.05) is 13.8 Å². The topological polar surface area (TPSA) is 147 Å². The number of amides is 1. The van der Waals surface area contributed by atoms with E-state index in [1.54, 1.807) is 12.1 Å². The van der Waals surface area contributed by atoms with E-state index in [1.165, 1.54) is 36.4 Å². The fraction of sp³-hybridized carbons (Fsp3) is 0.211. The molecule has 10 nitrogen and oxygen atoms in total. The van der Waals surface area contributed by atoms with Crippen molar-refractivity contribution in [1.82, 2.24) is 14.9 Å². The molecule has 1 heterocycles. The number of hydrogen-bond acceptors (Lipinski definition) is 8. The molecule has 2 aromatic carbocycles. The van der Waals surface area contributed by atoms with Gasteiger partial charge in [-0.2, -0.15) is 0 Å². The van der Waals surface area contributed by atoms with E-state index in [0.29, 0.717) is 17.1 Å². The van der Waals surface area contributed by atoms with Crippen LogP contribution in [0.4, 0.5) is 10.8 Å². The lowest BCUT2D eigenvalue weighted by molar-refractivity contribution is -0.115. The van der Waals surface area contributed by atoms with Crippen LogP contribution in [0.1, 0.15) is 17.5 Å². The number of anilines is 2. The summed E-state index contributed by atoms with van der Waals surface area (Å²) in [6.07, 6.45) is 0.648. The molecule has 3 rings (SSSR count). The number of rotatable bonds is 9. The average Bonchev–Trinajstić information content (AvgIpc) is 3.20. The van der Waals surface area contributed by atoms with Gasteiger partial charge < -0.3 is 5.32 Å². The molecular formula is C19H21N5O5S3. The summed E-state index contributed by atoms with van der Waals surface area (Å²) in [4.78, 5) is 12.1. The highest BCUT2D eigenvalue weighted by atomic mass is 32.2. The van der Waals surface area contributed by atoms with Crippen LogP contribution in [0.5, 0.6) is 0 Å². The summed E-state index contributed by atoms with van der Waals surface area (Å²) in [6.45, 7) is 3.25. The molecule has 0 unspecified atom stereocenters. The second-order valence-electron chi connectivity index (χ2n) is 6.67. The Bertz CT molecular complexity index is 1300. The molecular weight excluding hydrogens is 474 g/mol. The quantitative estimate of drug-likeness (QED) is 0.412. The predicted octanol–water partition coefficient (Wildman–Crippen LogP) is 2.13. The van der Waals surface area contributed by atoms with E-state index in [0.717, 1.165) is 16.9 Å². The minimum Gasteiger partial charge on any atom is -0.325 e. The lowest BCUT2D eigenvalue weighted by Crippen LogP contribution is -2.32. The molecule has 32 heavy (non-hydrogen) atoms. The van der Waals surface area contributed by atoms with Crippen LogP contribution in [0.25, 0.3) is 0 Å². The van der Waals surface area contributed by atoms with Crippen molar-refractivity contribution in [3.05, 3.63) is 59.1 Å². The molecule has 0 atom stereocenters. The van der Waals surface area contributed by atoms with Crippen LogP contribution in [-0.4, -0.2) is 39.5 Å². The van der Waals surface area contributed by atoms with E-state index >= 15 is 0 Å². The number of carbonyl (C=O) groups excluding carboxylic acids is 1. The van der Waals surface area contributed by atoms with E-state index in [9.17, 15) is 21.6 Å². The third kappa shape index (κ3) is 6.09. The fourth-order valence-corrected chi connectivity index (χ4v) is 5.39. The number of hydrogen-bond donors (Lipinski definition) is 3. The first-order chi connectivity index (χ1) is 15.1. The van der Waals surface area contributed by atoms with Gasteiger partial charge in [0.15, 0.2) is 0 Å². The van der Waals surface area contributed by atoms with Gasteiger partial charge in [-0.05, 0) is 49.7 Å². The molecule has 1 amide bonds. The highest BCUT2D eigenvalue weighted by Gasteiger charge is 2.18. The molecule has 0 aliphatic carbocycles. The highest BCUT2D eigenvalue weighted by molar-refractivity contribution is 7.93. The Balaban J connectivity index is 1.58. The number of nitrogens with one attached hydrogen (secondary N) is 3. The Kier molecular flexibility index (Phi) is 7.23. The normalized spacial score (nSPS) is 11.8. The number of sulfonamides is 2. The largest absolute Gasteiger partial charge is 0.325 e. The van der Waals surface area contributed by atoms with Crippen molar-refractivity contribution in [2.75, 3.05) is 16.6 Å². The zero-order chi connectivity index (χ0) is 23.4. The van der Waals surface area contributed by atoms with Crippen LogP contribution in [0.15, 0.2) is 58.3 Å². The first-order valence-corrected chi connectivity index (χ1v) is 13.2. The molecule has 0 aliphatic rings. The SMILES string of the molecule is CCc1nnc(NS(=O)(=O)c2ccc(NC(=O)CNS(=O)(=O)c3ccc(C)cc3)cc2)s1. The van der Waals surface area contributed by atoms with Gasteiger partial charge in [0.25, 0.3) is 10.0 Å². The van der Waals surface area contributed by atoms with E-state index < -0.39 is 32.5 Å². The van der Waals surface area contributed by atoms with Crippen molar-refractivity contribution in [2.24, 2.45) is 0 Å². The van der Waals surface area contributed by atoms with E-state index in [-0.39, 0.29) is 14.9 Å². The lowest BCUT2D eigenvalue weighted by Gasteiger charge is -2.09. The number of aromatic nitrogens is 2. The van der Waals surface area contributed by atoms with Crippen molar-refractivity contribution < 1.29 is 21.6 Å². The summed E-state index contributed by atoms with van der Waals surface area (Å²) in [5, 5.41) is 11.0. The summed E-state index contributed by atoms with van der Waals surface area (Å²) in [5.74, 6) is -0.602. The van der Waals surface area contributed by atoms with Crippen molar-refractivity contribution in [1.29, 1.82) is 0 Å². The summed E-state index contributed by atoms with van der Waals surface area (Å²) in [7, 11) is -7.69. The minimum absolute atomic E-state index is 0.0242. The summed E-state index contributed by atoms with van der Waals surface area (Å²) in [6, 6.07) is 11.7. The zero-order valence-corrected chi connectivity index (χ0v) is 19.6. The Labute approximate surface area is 190 Å². The number of nitrogens with zero attached hydrogens (tertiary/aromatic N) is 2. The predicted molar refractivity (Wildman–Crippen MR) is 122 cm³/mol. The Morgan fingerprint density at radius 2 is 1.50 bits per heavy atom. The van der Waals surface area contributed by atoms with Crippen LogP contribution in [0.3, 0.4) is 0 Å². The van der Waals surface area contributed by atoms with Gasteiger partial charge in [-0.15, -0.1) is 10.2 Å². The molecule has 0 saturated heterocycles. The summed E-state index contributed by atoms with van der Waals surface area (Å²) < 4.78 is 54.0. The van der Waals surface area contributed by atoms with Gasteiger partial charge in [-0.1, -0.05) is 36.0 Å². The molecule has 170 valence electrons. The Hall–Kier alpha value is -2.87. The van der Waals surface area contributed by atoms with E-state index in [2.05, 4.69) is 25.0 Å². The second kappa shape index (κ2) is 9.73. The first kappa shape index (κ1) is 23.8. The van der Waals surface area contributed by atoms with Crippen LogP contribution in [0.2, 0.25) is 0 Å². The van der Waals surface area contributed by atoms with E-state index in [4.69, 9.17) is 0 Å². The smallest absolute Gasteiger partial charge is 0.263 e. The molecule has 3 aromatic rings. The van der Waals surface area contributed by atoms with Crippen molar-refractivity contribution in [3.8, 4) is 0 Å². The number of aryl methyl sites for hydroxylation is 2. The molecule has 0 fully saturated rings. The van der Waals surface area contributed by atoms with Gasteiger partial charge in [0, 0.05) is 5.69 Å². The average molecular weight is 496 g/mol. The van der Waals surface area contributed by atoms with Crippen LogP contribution in [-0.2, 0) is 31.3 Å². The maximum Gasteiger partial charge on any atom is 0.263 e. The van der Waals surface area contributed by atoms with Crippen LogP contribution < -0.4 is 14.8 Å². The molecule has 1 aromatic heterocycles. The number of benzene rings is 2. The molecule has 13 heteroatoms. The maximum absolute atomic E-state index is 12.5. The lowest BCUT2D eigenvalue weighted by atomic mass is 10.2. The zero-order valence-electron chi connectivity index (χ0n) is 17.2. The van der Waals surface area contributed by atoms with Gasteiger partial charge in [0.05, 0.1) is 16.3 Å². The van der Waals surface area contributed by atoms with Gasteiger partial charge in [-0.3, -0.25) is 9.52 Å². The standard InChI is InChI=1S/C19H21N5O5S3/c1-3-18-22-23-19(30-18)24-32(28,29)16-10-6-14(7-11-16)21-17(25)12-20-31(26,27)15-8-4-13(2)5-9-15/h4-11,20H,3,12H2,1-2H3,(H,21,25)(H,23,24). The molecule has 0 radical (unpaired) electrons. The minimum atomic E-state index is -3.86. The van der Waals surface area contributed by atoms with Gasteiger partial charge in [-0.25, -0.2) is 21.6 Å². The van der Waals surface area contributed by atoms with Crippen LogP contribution in [0, 0.1) is 6.92 Å². The number of carbonyl (C=O) groups is 1. The Morgan fingerprint density at radius 3 is 2.09 bits per heavy atom. The third-order valence-corrected chi connectivity index (χ3v) is 8.08. The van der Waals surface area contributed by atoms with Crippen molar-refractivity contribution in [3.63, 3.8) is 0 Å². The maximum atomic E-state index is 12.5. The van der Waals surface area contributed by atoms with Gasteiger partial charge >= 0.3 is 0 Å². The molecule has 0 aliphatic heterocycles. The Morgan fingerprint density at radius 1 is 0.906 bits per heavy atom. The van der Waals surface area contributed by atoms with Gasteiger partial charge in [0.2, 0.25) is 21.1 Å². The molecule has 0 spiro atoms. The van der Waals surface area contributed by atoms with Crippen LogP contribution >= 0.6 is 11.3 Å². The summed E-state index contributed by atoms with van der Waals surface area (Å²) in [5.41, 5.74) is 1.23. The van der Waals surface area contributed by atoms with Crippen molar-refractivity contribution in [2.45, 2.75) is 30.1 Å². The molecule has 0 saturated carbocycles. The monoisotopic (exact) mass is 495 g/mol.